The van der Waals surface area contributed by atoms with Crippen LogP contribution in [0.3, 0.4) is 0 Å². The van der Waals surface area contributed by atoms with Crippen LogP contribution in [0.2, 0.25) is 0 Å². The molecule has 0 aliphatic heterocycles. The molecule has 0 radical (unpaired) electrons. The van der Waals surface area contributed by atoms with E-state index in [2.05, 4.69) is 31.9 Å². The zero-order chi connectivity index (χ0) is 24.8. The fraction of sp³-hybridized carbons (Fsp3) is 0.458. The summed E-state index contributed by atoms with van der Waals surface area (Å²) in [6.07, 6.45) is 4.13. The maximum absolute atomic E-state index is 12.4. The number of hydrogen-bond donors (Lipinski definition) is 3. The largest absolute Gasteiger partial charge is 0.380 e. The minimum Gasteiger partial charge on any atom is -0.380 e. The van der Waals surface area contributed by atoms with E-state index in [1.165, 1.54) is 25.0 Å². The molecule has 10 nitrogen and oxygen atoms in total. The molecule has 11 heteroatoms. The number of anilines is 2. The minimum absolute atomic E-state index is 0.176. The summed E-state index contributed by atoms with van der Waals surface area (Å²) in [7, 11) is -1.96. The highest BCUT2D eigenvalue weighted by atomic mass is 32.2. The monoisotopic (exact) mass is 500 g/mol. The number of nitrogens with one attached hydrogen (secondary N) is 3. The van der Waals surface area contributed by atoms with Gasteiger partial charge in [-0.25, -0.2) is 28.1 Å². The van der Waals surface area contributed by atoms with Crippen LogP contribution in [0.25, 0.3) is 11.4 Å². The number of imidazole rings is 1. The van der Waals surface area contributed by atoms with E-state index in [-0.39, 0.29) is 11.4 Å². The number of rotatable bonds is 13. The summed E-state index contributed by atoms with van der Waals surface area (Å²) in [4.78, 5) is 17.3. The van der Waals surface area contributed by atoms with Gasteiger partial charge in [0.25, 0.3) is 0 Å². The normalized spacial score (nSPS) is 14.7. The average molecular weight is 501 g/mol. The Hall–Kier alpha value is -2.86. The summed E-state index contributed by atoms with van der Waals surface area (Å²) in [6, 6.07) is 8.27. The van der Waals surface area contributed by atoms with Gasteiger partial charge in [0.2, 0.25) is 16.0 Å². The molecular weight excluding hydrogens is 468 g/mol. The van der Waals surface area contributed by atoms with Crippen molar-refractivity contribution in [3.8, 4) is 11.4 Å². The lowest BCUT2D eigenvalue weighted by Gasteiger charge is -2.11. The second-order valence-electron chi connectivity index (χ2n) is 8.51. The maximum Gasteiger partial charge on any atom is 0.240 e. The fourth-order valence-corrected chi connectivity index (χ4v) is 4.89. The number of methoxy groups -OCH3 is 1. The molecule has 35 heavy (non-hydrogen) atoms. The SMILES string of the molecule is CCOCCNS(=O)(=O)c1ccc(Nc2nccc(-c3nc(COC)[nH]c3C(C)C3CC3)n2)cc1. The van der Waals surface area contributed by atoms with E-state index in [9.17, 15) is 8.42 Å². The van der Waals surface area contributed by atoms with Crippen molar-refractivity contribution in [1.29, 1.82) is 0 Å². The highest BCUT2D eigenvalue weighted by Crippen LogP contribution is 2.44. The molecule has 1 fully saturated rings. The molecule has 1 unspecified atom stereocenters. The van der Waals surface area contributed by atoms with Gasteiger partial charge in [-0.1, -0.05) is 6.92 Å². The average Bonchev–Trinajstić information content (AvgIpc) is 3.62. The third kappa shape index (κ3) is 6.43. The van der Waals surface area contributed by atoms with Gasteiger partial charge in [-0.2, -0.15) is 0 Å². The predicted molar refractivity (Wildman–Crippen MR) is 133 cm³/mol. The summed E-state index contributed by atoms with van der Waals surface area (Å²) in [5.74, 6) is 2.18. The summed E-state index contributed by atoms with van der Waals surface area (Å²) in [5, 5.41) is 3.15. The number of H-pyrrole nitrogens is 1. The van der Waals surface area contributed by atoms with Crippen LogP contribution in [0.1, 0.15) is 44.1 Å². The Labute approximate surface area is 206 Å². The van der Waals surface area contributed by atoms with E-state index >= 15 is 0 Å². The number of benzene rings is 1. The number of aromatic amines is 1. The number of hydrogen-bond acceptors (Lipinski definition) is 8. The molecule has 188 valence electrons. The molecule has 3 N–H and O–H groups in total. The summed E-state index contributed by atoms with van der Waals surface area (Å²) in [6.45, 7) is 5.56. The van der Waals surface area contributed by atoms with Crippen molar-refractivity contribution in [2.45, 2.75) is 44.1 Å². The first kappa shape index (κ1) is 25.2. The van der Waals surface area contributed by atoms with E-state index in [0.717, 1.165) is 17.2 Å². The van der Waals surface area contributed by atoms with E-state index in [4.69, 9.17) is 14.5 Å². The molecule has 1 aliphatic rings. The Morgan fingerprint density at radius 3 is 2.63 bits per heavy atom. The maximum atomic E-state index is 12.4. The quantitative estimate of drug-likeness (QED) is 0.304. The third-order valence-corrected chi connectivity index (χ3v) is 7.38. The first-order valence-electron chi connectivity index (χ1n) is 11.8. The van der Waals surface area contributed by atoms with Gasteiger partial charge in [-0.3, -0.25) is 0 Å². The molecule has 1 aliphatic carbocycles. The molecule has 0 saturated heterocycles. The summed E-state index contributed by atoms with van der Waals surface area (Å²) < 4.78 is 37.8. The van der Waals surface area contributed by atoms with Crippen LogP contribution in [0.4, 0.5) is 11.6 Å². The highest BCUT2D eigenvalue weighted by molar-refractivity contribution is 7.89. The smallest absolute Gasteiger partial charge is 0.240 e. The molecule has 4 rings (SSSR count). The van der Waals surface area contributed by atoms with E-state index in [1.807, 2.05) is 13.0 Å². The minimum atomic E-state index is -3.60. The molecule has 1 aromatic carbocycles. The van der Waals surface area contributed by atoms with Crippen molar-refractivity contribution in [1.82, 2.24) is 24.7 Å². The van der Waals surface area contributed by atoms with Gasteiger partial charge in [0.15, 0.2) is 0 Å². The van der Waals surface area contributed by atoms with Gasteiger partial charge in [0, 0.05) is 43.8 Å². The van der Waals surface area contributed by atoms with Crippen LogP contribution < -0.4 is 10.0 Å². The van der Waals surface area contributed by atoms with E-state index in [1.54, 1.807) is 25.4 Å². The molecular formula is C24H32N6O4S. The van der Waals surface area contributed by atoms with Crippen molar-refractivity contribution < 1.29 is 17.9 Å². The van der Waals surface area contributed by atoms with E-state index in [0.29, 0.717) is 49.0 Å². The Kier molecular flexibility index (Phi) is 8.11. The molecule has 0 bridgehead atoms. The van der Waals surface area contributed by atoms with Gasteiger partial charge >= 0.3 is 0 Å². The molecule has 3 aromatic rings. The van der Waals surface area contributed by atoms with Crippen molar-refractivity contribution in [2.75, 3.05) is 32.2 Å². The van der Waals surface area contributed by atoms with Crippen LogP contribution in [0.5, 0.6) is 0 Å². The number of nitrogens with zero attached hydrogens (tertiary/aromatic N) is 3. The van der Waals surface area contributed by atoms with Gasteiger partial charge in [0.1, 0.15) is 18.1 Å². The fourth-order valence-electron chi connectivity index (χ4n) is 3.87. The van der Waals surface area contributed by atoms with Gasteiger partial charge in [-0.05, 0) is 56.0 Å². The molecule has 0 spiro atoms. The van der Waals surface area contributed by atoms with Crippen LogP contribution in [-0.2, 0) is 26.1 Å². The lowest BCUT2D eigenvalue weighted by molar-refractivity contribution is 0.153. The van der Waals surface area contributed by atoms with Gasteiger partial charge < -0.3 is 19.8 Å². The second kappa shape index (κ2) is 11.3. The summed E-state index contributed by atoms with van der Waals surface area (Å²) >= 11 is 0. The van der Waals surface area contributed by atoms with Gasteiger partial charge in [0.05, 0.1) is 17.2 Å². The first-order valence-corrected chi connectivity index (χ1v) is 13.2. The molecule has 1 saturated carbocycles. The zero-order valence-electron chi connectivity index (χ0n) is 20.2. The van der Waals surface area contributed by atoms with Gasteiger partial charge in [-0.15, -0.1) is 0 Å². The second-order valence-corrected chi connectivity index (χ2v) is 10.3. The van der Waals surface area contributed by atoms with Crippen LogP contribution in [0.15, 0.2) is 41.4 Å². The molecule has 2 aromatic heterocycles. The Morgan fingerprint density at radius 1 is 1.17 bits per heavy atom. The van der Waals surface area contributed by atoms with E-state index < -0.39 is 10.0 Å². The Morgan fingerprint density at radius 2 is 1.94 bits per heavy atom. The zero-order valence-corrected chi connectivity index (χ0v) is 21.1. The van der Waals surface area contributed by atoms with Crippen LogP contribution in [0, 0.1) is 5.92 Å². The standard InChI is InChI=1S/C24H32N6O4S/c1-4-34-14-13-26-35(31,32)19-9-7-18(8-10-19)27-24-25-12-11-20(28-24)23-22(16(2)17-5-6-17)29-21(30-23)15-33-3/h7-12,16-17,26H,4-6,13-15H2,1-3H3,(H,29,30)(H,25,27,28). The molecule has 0 amide bonds. The van der Waals surface area contributed by atoms with Crippen molar-refractivity contribution in [3.05, 3.63) is 48.0 Å². The first-order chi connectivity index (χ1) is 16.9. The molecule has 2 heterocycles. The van der Waals surface area contributed by atoms with Crippen molar-refractivity contribution in [3.63, 3.8) is 0 Å². The topological polar surface area (TPSA) is 131 Å². The number of sulfonamides is 1. The highest BCUT2D eigenvalue weighted by Gasteiger charge is 2.32. The lowest BCUT2D eigenvalue weighted by Crippen LogP contribution is -2.27. The Balaban J connectivity index is 1.49. The number of ether oxygens (including phenoxy) is 2. The summed E-state index contributed by atoms with van der Waals surface area (Å²) in [5.41, 5.74) is 3.25. The van der Waals surface area contributed by atoms with Crippen LogP contribution in [-0.4, -0.2) is 55.2 Å². The lowest BCUT2D eigenvalue weighted by atomic mass is 9.99. The predicted octanol–water partition coefficient (Wildman–Crippen LogP) is 3.59. The van der Waals surface area contributed by atoms with Crippen molar-refractivity contribution >= 4 is 21.7 Å². The van der Waals surface area contributed by atoms with Crippen LogP contribution >= 0.6 is 0 Å². The van der Waals surface area contributed by atoms with Crippen molar-refractivity contribution in [2.24, 2.45) is 5.92 Å². The Bertz CT molecular complexity index is 1230. The third-order valence-electron chi connectivity index (χ3n) is 5.91. The molecule has 1 atom stereocenters. The number of aromatic nitrogens is 4.